The second kappa shape index (κ2) is 5.66. The van der Waals surface area contributed by atoms with Gasteiger partial charge in [0.05, 0.1) is 36.1 Å². The van der Waals surface area contributed by atoms with Crippen LogP contribution in [0.15, 0.2) is 6.20 Å². The third kappa shape index (κ3) is 2.56. The lowest BCUT2D eigenvalue weighted by atomic mass is 10.0. The zero-order chi connectivity index (χ0) is 11.4. The van der Waals surface area contributed by atoms with Gasteiger partial charge in [-0.25, -0.2) is 0 Å². The highest BCUT2D eigenvalue weighted by atomic mass is 35.5. The van der Waals surface area contributed by atoms with E-state index in [0.717, 1.165) is 30.2 Å². The average molecular weight is 244 g/mol. The molecule has 2 rings (SSSR count). The first-order chi connectivity index (χ1) is 7.83. The van der Waals surface area contributed by atoms with Crippen molar-refractivity contribution in [3.63, 3.8) is 0 Å². The number of aromatic nitrogens is 2. The SMILES string of the molecule is COCCn1ncc(Cl)c1C1CCCCN1. The lowest BCUT2D eigenvalue weighted by Crippen LogP contribution is -2.29. The van der Waals surface area contributed by atoms with Crippen molar-refractivity contribution < 1.29 is 4.74 Å². The van der Waals surface area contributed by atoms with E-state index in [1.165, 1.54) is 12.8 Å². The molecule has 0 aromatic carbocycles. The fourth-order valence-corrected chi connectivity index (χ4v) is 2.43. The molecule has 0 spiro atoms. The first-order valence-electron chi connectivity index (χ1n) is 5.76. The molecule has 0 amide bonds. The summed E-state index contributed by atoms with van der Waals surface area (Å²) < 4.78 is 7.03. The second-order valence-corrected chi connectivity index (χ2v) is 4.50. The summed E-state index contributed by atoms with van der Waals surface area (Å²) in [6.07, 6.45) is 5.37. The van der Waals surface area contributed by atoms with E-state index in [1.807, 2.05) is 4.68 Å². The van der Waals surface area contributed by atoms with Crippen LogP contribution in [-0.2, 0) is 11.3 Å². The van der Waals surface area contributed by atoms with E-state index in [9.17, 15) is 0 Å². The molecule has 0 bridgehead atoms. The van der Waals surface area contributed by atoms with Crippen LogP contribution >= 0.6 is 11.6 Å². The normalized spacial score (nSPS) is 21.2. The third-order valence-corrected chi connectivity index (χ3v) is 3.27. The molecule has 1 N–H and O–H groups in total. The van der Waals surface area contributed by atoms with Gasteiger partial charge in [-0.2, -0.15) is 5.10 Å². The Kier molecular flexibility index (Phi) is 4.21. The summed E-state index contributed by atoms with van der Waals surface area (Å²) in [6.45, 7) is 2.49. The summed E-state index contributed by atoms with van der Waals surface area (Å²) >= 11 is 6.19. The van der Waals surface area contributed by atoms with E-state index in [4.69, 9.17) is 16.3 Å². The first-order valence-corrected chi connectivity index (χ1v) is 6.14. The van der Waals surface area contributed by atoms with Crippen LogP contribution in [0.3, 0.4) is 0 Å². The number of methoxy groups -OCH3 is 1. The van der Waals surface area contributed by atoms with Crippen molar-refractivity contribution in [2.45, 2.75) is 31.8 Å². The van der Waals surface area contributed by atoms with Crippen LogP contribution in [0.2, 0.25) is 5.02 Å². The van der Waals surface area contributed by atoms with Crippen molar-refractivity contribution >= 4 is 11.6 Å². The van der Waals surface area contributed by atoms with Crippen molar-refractivity contribution in [2.24, 2.45) is 0 Å². The van der Waals surface area contributed by atoms with E-state index in [0.29, 0.717) is 12.6 Å². The molecule has 2 heterocycles. The predicted octanol–water partition coefficient (Wildman–Crippen LogP) is 2.00. The van der Waals surface area contributed by atoms with E-state index >= 15 is 0 Å². The van der Waals surface area contributed by atoms with Gasteiger partial charge in [0.15, 0.2) is 0 Å². The van der Waals surface area contributed by atoms with Crippen molar-refractivity contribution in [3.8, 4) is 0 Å². The molecule has 4 nitrogen and oxygen atoms in total. The Balaban J connectivity index is 2.13. The van der Waals surface area contributed by atoms with Gasteiger partial charge in [0.2, 0.25) is 0 Å². The van der Waals surface area contributed by atoms with Crippen molar-refractivity contribution in [1.82, 2.24) is 15.1 Å². The number of hydrogen-bond acceptors (Lipinski definition) is 3. The molecule has 1 aliphatic heterocycles. The molecule has 0 aliphatic carbocycles. The third-order valence-electron chi connectivity index (χ3n) is 2.98. The number of piperidine rings is 1. The van der Waals surface area contributed by atoms with E-state index in [2.05, 4.69) is 10.4 Å². The molecular weight excluding hydrogens is 226 g/mol. The van der Waals surface area contributed by atoms with Crippen LogP contribution in [-0.4, -0.2) is 30.0 Å². The monoisotopic (exact) mass is 243 g/mol. The van der Waals surface area contributed by atoms with Gasteiger partial charge in [0.1, 0.15) is 0 Å². The predicted molar refractivity (Wildman–Crippen MR) is 63.7 cm³/mol. The molecule has 90 valence electrons. The Bertz CT molecular complexity index is 334. The fourth-order valence-electron chi connectivity index (χ4n) is 2.16. The number of hydrogen-bond donors (Lipinski definition) is 1. The zero-order valence-corrected chi connectivity index (χ0v) is 10.3. The molecule has 16 heavy (non-hydrogen) atoms. The largest absolute Gasteiger partial charge is 0.383 e. The van der Waals surface area contributed by atoms with Crippen LogP contribution in [0.5, 0.6) is 0 Å². The van der Waals surface area contributed by atoms with E-state index < -0.39 is 0 Å². The lowest BCUT2D eigenvalue weighted by Gasteiger charge is -2.24. The summed E-state index contributed by atoms with van der Waals surface area (Å²) in [5.41, 5.74) is 1.11. The van der Waals surface area contributed by atoms with Crippen LogP contribution < -0.4 is 5.32 Å². The standard InChI is InChI=1S/C11H18ClN3O/c1-16-7-6-15-11(9(12)8-14-15)10-4-2-3-5-13-10/h8,10,13H,2-7H2,1H3. The molecule has 1 saturated heterocycles. The van der Waals surface area contributed by atoms with Crippen molar-refractivity contribution in [2.75, 3.05) is 20.3 Å². The Labute approximate surface area is 101 Å². The smallest absolute Gasteiger partial charge is 0.0834 e. The van der Waals surface area contributed by atoms with Crippen LogP contribution in [0, 0.1) is 0 Å². The molecule has 1 atom stereocenters. The van der Waals surface area contributed by atoms with Gasteiger partial charge < -0.3 is 10.1 Å². The first kappa shape index (κ1) is 11.9. The summed E-state index contributed by atoms with van der Waals surface area (Å²) in [5.74, 6) is 0. The Morgan fingerprint density at radius 2 is 2.50 bits per heavy atom. The number of nitrogens with one attached hydrogen (secondary N) is 1. The van der Waals surface area contributed by atoms with Crippen LogP contribution in [0.4, 0.5) is 0 Å². The van der Waals surface area contributed by atoms with E-state index in [-0.39, 0.29) is 0 Å². The minimum atomic E-state index is 0.348. The molecule has 1 aliphatic rings. The highest BCUT2D eigenvalue weighted by Crippen LogP contribution is 2.28. The number of nitrogens with zero attached hydrogens (tertiary/aromatic N) is 2. The molecule has 1 aromatic heterocycles. The quantitative estimate of drug-likeness (QED) is 0.879. The van der Waals surface area contributed by atoms with Crippen molar-refractivity contribution in [1.29, 1.82) is 0 Å². The number of ether oxygens (including phenoxy) is 1. The maximum atomic E-state index is 6.19. The van der Waals surface area contributed by atoms with Gasteiger partial charge in [-0.15, -0.1) is 0 Å². The van der Waals surface area contributed by atoms with Gasteiger partial charge in [-0.05, 0) is 19.4 Å². The number of rotatable bonds is 4. The summed E-state index contributed by atoms with van der Waals surface area (Å²) in [5, 5.41) is 8.55. The Morgan fingerprint density at radius 3 is 3.19 bits per heavy atom. The molecule has 5 heteroatoms. The van der Waals surface area contributed by atoms with Gasteiger partial charge in [0.25, 0.3) is 0 Å². The highest BCUT2D eigenvalue weighted by molar-refractivity contribution is 6.31. The zero-order valence-electron chi connectivity index (χ0n) is 9.58. The van der Waals surface area contributed by atoms with Gasteiger partial charge in [-0.3, -0.25) is 4.68 Å². The Hall–Kier alpha value is -0.580. The molecule has 1 fully saturated rings. The lowest BCUT2D eigenvalue weighted by molar-refractivity contribution is 0.181. The maximum absolute atomic E-state index is 6.19. The van der Waals surface area contributed by atoms with Crippen molar-refractivity contribution in [3.05, 3.63) is 16.9 Å². The molecule has 1 aromatic rings. The Morgan fingerprint density at radius 1 is 1.62 bits per heavy atom. The van der Waals surface area contributed by atoms with E-state index in [1.54, 1.807) is 13.3 Å². The highest BCUT2D eigenvalue weighted by Gasteiger charge is 2.21. The number of halogens is 1. The second-order valence-electron chi connectivity index (χ2n) is 4.10. The van der Waals surface area contributed by atoms with Gasteiger partial charge >= 0.3 is 0 Å². The van der Waals surface area contributed by atoms with Crippen LogP contribution in [0.25, 0.3) is 0 Å². The molecular formula is C11H18ClN3O. The van der Waals surface area contributed by atoms with Gasteiger partial charge in [-0.1, -0.05) is 18.0 Å². The summed E-state index contributed by atoms with van der Waals surface area (Å²) in [7, 11) is 1.70. The van der Waals surface area contributed by atoms with Crippen LogP contribution in [0.1, 0.15) is 31.0 Å². The van der Waals surface area contributed by atoms with Gasteiger partial charge in [0, 0.05) is 7.11 Å². The minimum absolute atomic E-state index is 0.348. The fraction of sp³-hybridized carbons (Fsp3) is 0.727. The summed E-state index contributed by atoms with van der Waals surface area (Å²) in [4.78, 5) is 0. The topological polar surface area (TPSA) is 39.1 Å². The maximum Gasteiger partial charge on any atom is 0.0834 e. The summed E-state index contributed by atoms with van der Waals surface area (Å²) in [6, 6.07) is 0.348. The minimum Gasteiger partial charge on any atom is -0.383 e. The molecule has 1 unspecified atom stereocenters. The molecule has 0 saturated carbocycles. The average Bonchev–Trinajstić information content (AvgIpc) is 2.69. The molecule has 0 radical (unpaired) electrons.